The van der Waals surface area contributed by atoms with Crippen LogP contribution in [0.25, 0.3) is 5.76 Å². The van der Waals surface area contributed by atoms with E-state index >= 15 is 0 Å². The maximum absolute atomic E-state index is 14.3. The molecule has 0 aliphatic carbocycles. The first-order valence-corrected chi connectivity index (χ1v) is 15.0. The summed E-state index contributed by atoms with van der Waals surface area (Å²) in [6.45, 7) is 3.30. The number of sulfonamides is 1. The molecular weight excluding hydrogens is 534 g/mol. The van der Waals surface area contributed by atoms with Crippen LogP contribution in [0.1, 0.15) is 43.7 Å². The van der Waals surface area contributed by atoms with E-state index in [1.165, 1.54) is 40.6 Å². The lowest BCUT2D eigenvalue weighted by Gasteiger charge is -2.34. The average Bonchev–Trinajstić information content (AvgIpc) is 3.64. The Bertz CT molecular complexity index is 1480. The lowest BCUT2D eigenvalue weighted by Crippen LogP contribution is -2.52. The molecule has 1 spiro atoms. The number of ether oxygens (including phenoxy) is 1. The van der Waals surface area contributed by atoms with Crippen LogP contribution in [-0.4, -0.2) is 80.2 Å². The largest absolute Gasteiger partial charge is 0.507 e. The minimum atomic E-state index is -3.69. The molecule has 0 radical (unpaired) electrons. The van der Waals surface area contributed by atoms with Gasteiger partial charge < -0.3 is 19.6 Å². The second-order valence-electron chi connectivity index (χ2n) is 10.2. The minimum Gasteiger partial charge on any atom is -0.507 e. The zero-order chi connectivity index (χ0) is 28.7. The predicted octanol–water partition coefficient (Wildman–Crippen LogP) is 2.84. The Labute approximate surface area is 233 Å². The molecule has 3 aliphatic rings. The van der Waals surface area contributed by atoms with Gasteiger partial charge in [0.15, 0.2) is 5.54 Å². The normalized spacial score (nSPS) is 22.6. The number of nitrogens with zero attached hydrogens (tertiary/aromatic N) is 3. The van der Waals surface area contributed by atoms with E-state index in [0.29, 0.717) is 37.3 Å². The Morgan fingerprint density at radius 3 is 2.33 bits per heavy atom. The molecule has 3 aliphatic heterocycles. The number of methoxy groups -OCH3 is 1. The number of likely N-dealkylation sites (tertiary alicyclic amines) is 1. The number of benzene rings is 2. The molecule has 11 heteroatoms. The van der Waals surface area contributed by atoms with Crippen LogP contribution in [-0.2, 0) is 34.7 Å². The summed E-state index contributed by atoms with van der Waals surface area (Å²) in [5, 5.41) is 11.6. The van der Waals surface area contributed by atoms with E-state index < -0.39 is 38.9 Å². The molecule has 3 heterocycles. The third-order valence-electron chi connectivity index (χ3n) is 7.89. The first kappa shape index (κ1) is 28.0. The third-order valence-corrected chi connectivity index (χ3v) is 9.81. The summed E-state index contributed by atoms with van der Waals surface area (Å²) in [4.78, 5) is 44.2. The van der Waals surface area contributed by atoms with Crippen molar-refractivity contribution in [3.63, 3.8) is 0 Å². The second kappa shape index (κ2) is 10.8. The van der Waals surface area contributed by atoms with Gasteiger partial charge in [0.25, 0.3) is 17.6 Å². The van der Waals surface area contributed by atoms with Crippen molar-refractivity contribution in [3.05, 3.63) is 65.2 Å². The first-order valence-electron chi connectivity index (χ1n) is 13.5. The zero-order valence-corrected chi connectivity index (χ0v) is 23.4. The van der Waals surface area contributed by atoms with E-state index in [1.807, 2.05) is 6.92 Å². The van der Waals surface area contributed by atoms with Crippen LogP contribution in [0.5, 0.6) is 0 Å². The van der Waals surface area contributed by atoms with E-state index in [0.717, 1.165) is 19.3 Å². The van der Waals surface area contributed by atoms with Gasteiger partial charge in [-0.2, -0.15) is 4.31 Å². The van der Waals surface area contributed by atoms with Gasteiger partial charge in [-0.15, -0.1) is 0 Å². The van der Waals surface area contributed by atoms with E-state index in [1.54, 1.807) is 29.2 Å². The summed E-state index contributed by atoms with van der Waals surface area (Å²) < 4.78 is 32.6. The number of amides is 2. The highest BCUT2D eigenvalue weighted by Crippen LogP contribution is 2.53. The molecule has 1 unspecified atom stereocenters. The molecule has 0 saturated carbocycles. The molecule has 2 amide bonds. The Kier molecular flexibility index (Phi) is 7.56. The Morgan fingerprint density at radius 1 is 1.00 bits per heavy atom. The van der Waals surface area contributed by atoms with Crippen LogP contribution in [0.4, 0.5) is 5.69 Å². The van der Waals surface area contributed by atoms with Crippen LogP contribution in [0, 0.1) is 0 Å². The van der Waals surface area contributed by atoms with Gasteiger partial charge in [0.2, 0.25) is 10.0 Å². The highest BCUT2D eigenvalue weighted by molar-refractivity contribution is 7.89. The number of carbonyl (C=O) groups excluding carboxylic acids is 3. The second-order valence-corrected chi connectivity index (χ2v) is 12.1. The maximum Gasteiger partial charge on any atom is 0.296 e. The van der Waals surface area contributed by atoms with Gasteiger partial charge in [-0.3, -0.25) is 14.4 Å². The SMILES string of the molecule is CCCCN1C(=O)C2(/C(=C(/O)c3ccc(S(=O)(=O)N4CCCC4)cc3)C(=O)C(=O)N2CCOC)c2ccccc21. The predicted molar refractivity (Wildman–Crippen MR) is 148 cm³/mol. The number of hydrogen-bond acceptors (Lipinski definition) is 7. The van der Waals surface area contributed by atoms with Crippen LogP contribution in [0.15, 0.2) is 59.0 Å². The molecule has 0 bridgehead atoms. The van der Waals surface area contributed by atoms with Gasteiger partial charge >= 0.3 is 0 Å². The quantitative estimate of drug-likeness (QED) is 0.281. The molecule has 212 valence electrons. The van der Waals surface area contributed by atoms with Crippen molar-refractivity contribution in [2.45, 2.75) is 43.0 Å². The third kappa shape index (κ3) is 4.15. The molecule has 1 atom stereocenters. The van der Waals surface area contributed by atoms with Gasteiger partial charge in [0, 0.05) is 44.4 Å². The Balaban J connectivity index is 1.68. The number of rotatable bonds is 9. The van der Waals surface area contributed by atoms with Crippen molar-refractivity contribution in [2.24, 2.45) is 0 Å². The fourth-order valence-electron chi connectivity index (χ4n) is 5.89. The van der Waals surface area contributed by atoms with Crippen molar-refractivity contribution in [1.29, 1.82) is 0 Å². The maximum atomic E-state index is 14.3. The van der Waals surface area contributed by atoms with Gasteiger partial charge in [0.05, 0.1) is 22.8 Å². The van der Waals surface area contributed by atoms with Crippen molar-refractivity contribution >= 4 is 39.1 Å². The highest BCUT2D eigenvalue weighted by Gasteiger charge is 2.66. The number of para-hydroxylation sites is 1. The topological polar surface area (TPSA) is 125 Å². The van der Waals surface area contributed by atoms with Crippen molar-refractivity contribution in [1.82, 2.24) is 9.21 Å². The number of aliphatic hydroxyl groups excluding tert-OH is 1. The Hall–Kier alpha value is -3.54. The molecular formula is C29H33N3O7S. The summed E-state index contributed by atoms with van der Waals surface area (Å²) in [6.07, 6.45) is 3.12. The van der Waals surface area contributed by atoms with Gasteiger partial charge in [-0.1, -0.05) is 31.5 Å². The number of fused-ring (bicyclic) bond motifs is 2. The molecule has 2 fully saturated rings. The average molecular weight is 568 g/mol. The monoisotopic (exact) mass is 567 g/mol. The lowest BCUT2D eigenvalue weighted by atomic mass is 9.82. The standard InChI is InChI=1S/C29H33N3O7S/c1-3-4-17-31-23-10-6-5-9-22(23)29(28(31)36)24(26(34)27(35)32(29)18-19-39-2)25(33)20-11-13-21(14-12-20)40(37,38)30-15-7-8-16-30/h5-6,9-14,33H,3-4,7-8,15-19H2,1-2H3/b25-24+. The highest BCUT2D eigenvalue weighted by atomic mass is 32.2. The molecule has 2 aromatic rings. The van der Waals surface area contributed by atoms with E-state index in [9.17, 15) is 27.9 Å². The number of Topliss-reactive ketones (excluding diaryl/α,β-unsaturated/α-hetero) is 1. The fourth-order valence-corrected chi connectivity index (χ4v) is 7.41. The Morgan fingerprint density at radius 2 is 1.68 bits per heavy atom. The molecule has 0 aromatic heterocycles. The van der Waals surface area contributed by atoms with Gasteiger partial charge in [0.1, 0.15) is 5.76 Å². The van der Waals surface area contributed by atoms with Crippen LogP contribution in [0.3, 0.4) is 0 Å². The van der Waals surface area contributed by atoms with Crippen molar-refractivity contribution in [3.8, 4) is 0 Å². The van der Waals surface area contributed by atoms with E-state index in [-0.39, 0.29) is 29.2 Å². The molecule has 1 N–H and O–H groups in total. The van der Waals surface area contributed by atoms with Crippen molar-refractivity contribution < 1.29 is 32.6 Å². The van der Waals surface area contributed by atoms with Crippen LogP contribution < -0.4 is 4.90 Å². The van der Waals surface area contributed by atoms with E-state index in [4.69, 9.17) is 4.74 Å². The summed E-state index contributed by atoms with van der Waals surface area (Å²) in [7, 11) is -2.24. The van der Waals surface area contributed by atoms with Crippen LogP contribution >= 0.6 is 0 Å². The summed E-state index contributed by atoms with van der Waals surface area (Å²) >= 11 is 0. The summed E-state index contributed by atoms with van der Waals surface area (Å²) in [6, 6.07) is 12.5. The molecule has 2 saturated heterocycles. The fraction of sp³-hybridized carbons (Fsp3) is 0.414. The smallest absolute Gasteiger partial charge is 0.296 e. The number of unbranched alkanes of at least 4 members (excludes halogenated alkanes) is 1. The molecule has 10 nitrogen and oxygen atoms in total. The summed E-state index contributed by atoms with van der Waals surface area (Å²) in [5.74, 6) is -2.92. The molecule has 40 heavy (non-hydrogen) atoms. The number of ketones is 1. The van der Waals surface area contributed by atoms with Gasteiger partial charge in [-0.05, 0) is 49.6 Å². The number of anilines is 1. The molecule has 5 rings (SSSR count). The van der Waals surface area contributed by atoms with Gasteiger partial charge in [-0.25, -0.2) is 8.42 Å². The molecule has 2 aromatic carbocycles. The minimum absolute atomic E-state index is 0.0490. The number of hydrogen-bond donors (Lipinski definition) is 1. The number of aliphatic hydroxyl groups is 1. The zero-order valence-electron chi connectivity index (χ0n) is 22.6. The number of carbonyl (C=O) groups is 3. The van der Waals surface area contributed by atoms with Crippen LogP contribution in [0.2, 0.25) is 0 Å². The van der Waals surface area contributed by atoms with Crippen molar-refractivity contribution in [2.75, 3.05) is 44.8 Å². The summed E-state index contributed by atoms with van der Waals surface area (Å²) in [5.41, 5.74) is -1.08. The first-order chi connectivity index (χ1) is 19.2. The van der Waals surface area contributed by atoms with E-state index in [2.05, 4.69) is 0 Å². The lowest BCUT2D eigenvalue weighted by molar-refractivity contribution is -0.144.